The predicted octanol–water partition coefficient (Wildman–Crippen LogP) is 2.14. The molecule has 1 saturated heterocycles. The molecule has 0 aromatic carbocycles. The molecule has 1 aliphatic heterocycles. The van der Waals surface area contributed by atoms with Gasteiger partial charge in [0.25, 0.3) is 0 Å². The van der Waals surface area contributed by atoms with Crippen LogP contribution in [0.15, 0.2) is 0 Å². The van der Waals surface area contributed by atoms with E-state index in [0.717, 1.165) is 0 Å². The molecule has 0 saturated carbocycles. The van der Waals surface area contributed by atoms with Crippen LogP contribution in [0.3, 0.4) is 0 Å². The van der Waals surface area contributed by atoms with Gasteiger partial charge < -0.3 is 56.3 Å². The van der Waals surface area contributed by atoms with E-state index in [4.69, 9.17) is 15.2 Å². The second-order valence-corrected chi connectivity index (χ2v) is 22.5. The van der Waals surface area contributed by atoms with Gasteiger partial charge in [0.2, 0.25) is 29.5 Å². The number of carboxylic acids is 2. The predicted molar refractivity (Wildman–Crippen MR) is 288 cm³/mol. The van der Waals surface area contributed by atoms with Crippen LogP contribution in [0.1, 0.15) is 127 Å². The molecule has 23 heteroatoms. The number of likely N-dealkylation sites (tertiary alicyclic amines) is 1. The molecule has 0 radical (unpaired) electrons. The van der Waals surface area contributed by atoms with Gasteiger partial charge in [0.1, 0.15) is 12.1 Å². The number of carboxylic acid groups (broad SMARTS) is 2. The van der Waals surface area contributed by atoms with Crippen molar-refractivity contribution in [3.63, 3.8) is 0 Å². The van der Waals surface area contributed by atoms with Gasteiger partial charge in [-0.1, -0.05) is 54.9 Å². The van der Waals surface area contributed by atoms with Gasteiger partial charge in [-0.05, 0) is 77.6 Å². The van der Waals surface area contributed by atoms with Crippen molar-refractivity contribution in [3.05, 3.63) is 0 Å². The number of rotatable bonds is 37. The number of likely N-dealkylation sites (N-methyl/N-ethyl adjacent to an activating group) is 2. The van der Waals surface area contributed by atoms with Crippen LogP contribution in [0.25, 0.3) is 0 Å². The number of nitrogens with one attached hydrogen (secondary N) is 3. The van der Waals surface area contributed by atoms with Crippen molar-refractivity contribution >= 4 is 70.6 Å². The lowest BCUT2D eigenvalue weighted by atomic mass is 9.83. The van der Waals surface area contributed by atoms with E-state index in [0.29, 0.717) is 25.8 Å². The monoisotopic (exact) mass is 1100 g/mol. The third kappa shape index (κ3) is 20.7. The average Bonchev–Trinajstić information content (AvgIpc) is 3.84. The van der Waals surface area contributed by atoms with Crippen molar-refractivity contribution in [1.29, 1.82) is 0 Å². The summed E-state index contributed by atoms with van der Waals surface area (Å²) in [5.74, 6) is -10.4. The number of aliphatic hydroxyl groups excluding tert-OH is 1. The van der Waals surface area contributed by atoms with Crippen molar-refractivity contribution in [1.82, 2.24) is 30.7 Å². The Labute approximate surface area is 454 Å². The molecule has 0 aromatic rings. The minimum absolute atomic E-state index is 0.0234. The van der Waals surface area contributed by atoms with Crippen LogP contribution in [0.2, 0.25) is 0 Å². The van der Waals surface area contributed by atoms with Crippen molar-refractivity contribution in [2.24, 2.45) is 41.2 Å². The molecule has 1 rings (SSSR count). The largest absolute Gasteiger partial charge is 0.481 e. The summed E-state index contributed by atoms with van der Waals surface area (Å²) < 4.78 is 11.9. The third-order valence-corrected chi connectivity index (χ3v) is 15.9. The molecule has 0 bridgehead atoms. The van der Waals surface area contributed by atoms with Gasteiger partial charge in [0, 0.05) is 71.9 Å². The Bertz CT molecular complexity index is 1950. The first kappa shape index (κ1) is 69.5. The Hall–Kier alpha value is -4.55. The summed E-state index contributed by atoms with van der Waals surface area (Å²) >= 11 is 1.24. The second kappa shape index (κ2) is 33.7. The van der Waals surface area contributed by atoms with E-state index in [1.54, 1.807) is 30.0 Å². The fourth-order valence-electron chi connectivity index (χ4n) is 10.2. The van der Waals surface area contributed by atoms with E-state index in [1.807, 2.05) is 60.5 Å². The van der Waals surface area contributed by atoms with Gasteiger partial charge >= 0.3 is 11.9 Å². The summed E-state index contributed by atoms with van der Waals surface area (Å²) in [5, 5.41) is 37.2. The van der Waals surface area contributed by atoms with E-state index in [2.05, 4.69) is 16.0 Å². The molecule has 22 nitrogen and oxygen atoms in total. The molecule has 3 unspecified atom stereocenters. The van der Waals surface area contributed by atoms with E-state index >= 15 is 0 Å². The summed E-state index contributed by atoms with van der Waals surface area (Å²) in [6.07, 6.45) is -2.46. The smallest absolute Gasteiger partial charge is 0.326 e. The number of aliphatic carboxylic acids is 2. The molecule has 0 aliphatic carbocycles. The van der Waals surface area contributed by atoms with E-state index in [-0.39, 0.29) is 60.8 Å². The zero-order valence-electron chi connectivity index (χ0n) is 47.8. The molecule has 1 heterocycles. The number of ketones is 3. The van der Waals surface area contributed by atoms with Crippen LogP contribution in [-0.2, 0) is 57.4 Å². The SMILES string of the molecule is CC[C@H](C)[C@@H]([C@@H](CC(=O)N1CCC[C@H]1C(OC)[C@@H](C)C(=O)N[C@H](C(=O)C[C@@H](CCC(=O)O)C(=O)N[C@@H](CCC(=O)[C@H](CN)NC(=O)C(C)SC)C(=O)O)C(C)O)OC)N(C)C(=O)[C@@H](CC(=O)[C@H](C(C)C)N(C)C)C(C)C. The van der Waals surface area contributed by atoms with Gasteiger partial charge in [-0.15, -0.1) is 0 Å². The molecule has 0 spiro atoms. The Morgan fingerprint density at radius 2 is 1.36 bits per heavy atom. The summed E-state index contributed by atoms with van der Waals surface area (Å²) in [7, 11) is 8.26. The Morgan fingerprint density at radius 1 is 0.750 bits per heavy atom. The number of carbonyl (C=O) groups excluding carboxylic acids is 8. The van der Waals surface area contributed by atoms with Crippen LogP contribution in [-0.4, -0.2) is 203 Å². The van der Waals surface area contributed by atoms with Gasteiger partial charge in [-0.3, -0.25) is 48.1 Å². The van der Waals surface area contributed by atoms with Gasteiger partial charge in [-0.25, -0.2) is 4.79 Å². The highest BCUT2D eigenvalue weighted by atomic mass is 32.2. The molecular weight excluding hydrogens is 1010 g/mol. The highest BCUT2D eigenvalue weighted by molar-refractivity contribution is 7.99. The number of Topliss-reactive ketones (excluding diaryl/α,β-unsaturated/α-hetero) is 3. The van der Waals surface area contributed by atoms with Gasteiger partial charge in [0.15, 0.2) is 17.3 Å². The van der Waals surface area contributed by atoms with Crippen molar-refractivity contribution in [2.75, 3.05) is 54.7 Å². The van der Waals surface area contributed by atoms with Crippen LogP contribution in [0.5, 0.6) is 0 Å². The van der Waals surface area contributed by atoms with Crippen molar-refractivity contribution < 1.29 is 72.7 Å². The van der Waals surface area contributed by atoms with Crippen molar-refractivity contribution in [2.45, 2.75) is 186 Å². The average molecular weight is 1100 g/mol. The lowest BCUT2D eigenvalue weighted by Crippen LogP contribution is -2.55. The molecule has 1 fully saturated rings. The fourth-order valence-corrected chi connectivity index (χ4v) is 10.5. The first-order chi connectivity index (χ1) is 35.4. The molecule has 14 atom stereocenters. The summed E-state index contributed by atoms with van der Waals surface area (Å²) in [6, 6.07) is -5.93. The van der Waals surface area contributed by atoms with Crippen LogP contribution >= 0.6 is 11.8 Å². The minimum Gasteiger partial charge on any atom is -0.481 e. The minimum atomic E-state index is -1.66. The highest BCUT2D eigenvalue weighted by Crippen LogP contribution is 2.31. The normalized spacial score (nSPS) is 18.9. The van der Waals surface area contributed by atoms with Crippen LogP contribution in [0, 0.1) is 35.5 Å². The van der Waals surface area contributed by atoms with E-state index in [9.17, 15) is 63.3 Å². The Morgan fingerprint density at radius 3 is 1.83 bits per heavy atom. The van der Waals surface area contributed by atoms with E-state index in [1.165, 1.54) is 39.8 Å². The summed E-state index contributed by atoms with van der Waals surface area (Å²) in [6.45, 7) is 16.2. The number of amides is 5. The Kier molecular flexibility index (Phi) is 30.8. The van der Waals surface area contributed by atoms with Gasteiger partial charge in [-0.2, -0.15) is 11.8 Å². The summed E-state index contributed by atoms with van der Waals surface area (Å²) in [4.78, 5) is 139. The maximum atomic E-state index is 14.4. The molecule has 1 aliphatic rings. The van der Waals surface area contributed by atoms with Crippen molar-refractivity contribution in [3.8, 4) is 0 Å². The zero-order valence-corrected chi connectivity index (χ0v) is 48.6. The molecule has 8 N–H and O–H groups in total. The molecule has 76 heavy (non-hydrogen) atoms. The number of hydrogen-bond donors (Lipinski definition) is 7. The number of aliphatic hydroxyl groups is 1. The zero-order chi connectivity index (χ0) is 58.5. The molecule has 436 valence electrons. The maximum absolute atomic E-state index is 14.4. The fraction of sp³-hybridized carbons (Fsp3) is 0.811. The quantitative estimate of drug-likeness (QED) is 0.0469. The number of methoxy groups -OCH3 is 2. The number of ether oxygens (including phenoxy) is 2. The second-order valence-electron chi connectivity index (χ2n) is 21.4. The number of hydrogen-bond acceptors (Lipinski definition) is 16. The molecule has 5 amide bonds. The van der Waals surface area contributed by atoms with E-state index < -0.39 is 145 Å². The maximum Gasteiger partial charge on any atom is 0.326 e. The topological polar surface area (TPSA) is 322 Å². The lowest BCUT2D eigenvalue weighted by molar-refractivity contribution is -0.149. The number of nitrogens with zero attached hydrogens (tertiary/aromatic N) is 3. The van der Waals surface area contributed by atoms with Gasteiger partial charge in [0.05, 0.1) is 60.1 Å². The summed E-state index contributed by atoms with van der Waals surface area (Å²) in [5.41, 5.74) is 5.71. The lowest BCUT2D eigenvalue weighted by Gasteiger charge is -2.41. The first-order valence-electron chi connectivity index (χ1n) is 26.6. The van der Waals surface area contributed by atoms with Crippen LogP contribution < -0.4 is 21.7 Å². The number of nitrogens with two attached hydrogens (primary N) is 1. The molecule has 0 aromatic heterocycles. The third-order valence-electron chi connectivity index (χ3n) is 14.9. The number of thioether (sulfide) groups is 1. The Balaban J connectivity index is 3.34. The van der Waals surface area contributed by atoms with Crippen LogP contribution in [0.4, 0.5) is 0 Å². The number of carbonyl (C=O) groups is 10. The highest BCUT2D eigenvalue weighted by Gasteiger charge is 2.44. The standard InChI is InChI=1S/C53H93N7O15S/c1-16-30(6)47(59(12)52(71)35(28(2)3)25-41(64)46(29(4)5)58(10)11)42(74-13)26-43(65)60-23-17-18-38(60)48(75-14)31(7)49(68)57-45(32(8)61)40(63)24-34(19-22-44(66)67)51(70)55-36(53(72)73)20-21-39(62)37(27-54)56-50(69)33(9)76-15/h28-38,42,45-48,61H,16-27,54H2,1-15H3,(H,55,70)(H,56,69)(H,57,68)(H,66,67)(H,72,73)/t30-,31+,32?,33?,34+,35-,36-,37-,38-,42+,45-,46-,47-,48?/m0/s1. The first-order valence-corrected chi connectivity index (χ1v) is 27.9. The molecular formula is C53H93N7O15S.